The van der Waals surface area contributed by atoms with Crippen LogP contribution in [-0.2, 0) is 4.79 Å². The Morgan fingerprint density at radius 2 is 2.11 bits per heavy atom. The Hall–Kier alpha value is -2.93. The van der Waals surface area contributed by atoms with Gasteiger partial charge in [0, 0.05) is 17.6 Å². The van der Waals surface area contributed by atoms with Crippen LogP contribution in [0.3, 0.4) is 0 Å². The number of rotatable bonds is 6. The third kappa shape index (κ3) is 4.31. The number of aryl methyl sites for hydroxylation is 1. The molecule has 1 saturated heterocycles. The Kier molecular flexibility index (Phi) is 5.53. The van der Waals surface area contributed by atoms with E-state index in [1.54, 1.807) is 11.3 Å². The zero-order valence-electron chi connectivity index (χ0n) is 15.7. The summed E-state index contributed by atoms with van der Waals surface area (Å²) in [4.78, 5) is 24.8. The molecule has 3 aromatic rings. The minimum Gasteiger partial charge on any atom is -0.484 e. The molecule has 7 heteroatoms. The Morgan fingerprint density at radius 1 is 1.25 bits per heavy atom. The molecule has 0 bridgehead atoms. The van der Waals surface area contributed by atoms with E-state index in [0.29, 0.717) is 5.75 Å². The van der Waals surface area contributed by atoms with E-state index in [0.717, 1.165) is 40.9 Å². The van der Waals surface area contributed by atoms with E-state index in [1.807, 2.05) is 66.6 Å². The molecule has 1 aliphatic heterocycles. The molecule has 144 valence electrons. The molecule has 1 N–H and O–H groups in total. The molecule has 0 aliphatic carbocycles. The van der Waals surface area contributed by atoms with Crippen molar-refractivity contribution in [1.29, 1.82) is 0 Å². The van der Waals surface area contributed by atoms with Gasteiger partial charge in [-0.1, -0.05) is 24.3 Å². The van der Waals surface area contributed by atoms with Gasteiger partial charge in [-0.25, -0.2) is 9.97 Å². The largest absolute Gasteiger partial charge is 0.484 e. The second-order valence-corrected chi connectivity index (χ2v) is 7.93. The number of ether oxygens (including phenoxy) is 1. The number of pyridine rings is 1. The quantitative estimate of drug-likeness (QED) is 0.674. The van der Waals surface area contributed by atoms with Crippen LogP contribution in [0.1, 0.15) is 29.5 Å². The van der Waals surface area contributed by atoms with Crippen molar-refractivity contribution in [2.45, 2.75) is 25.8 Å². The minimum absolute atomic E-state index is 0.0120. The van der Waals surface area contributed by atoms with Crippen molar-refractivity contribution >= 4 is 28.2 Å². The minimum atomic E-state index is -0.0216. The van der Waals surface area contributed by atoms with Gasteiger partial charge >= 0.3 is 0 Å². The first-order valence-corrected chi connectivity index (χ1v) is 10.1. The van der Waals surface area contributed by atoms with Gasteiger partial charge in [0.15, 0.2) is 11.7 Å². The van der Waals surface area contributed by atoms with E-state index in [9.17, 15) is 4.79 Å². The molecule has 6 nitrogen and oxygen atoms in total. The highest BCUT2D eigenvalue weighted by molar-refractivity contribution is 7.15. The molecule has 1 atom stereocenters. The van der Waals surface area contributed by atoms with Crippen LogP contribution in [-0.4, -0.2) is 33.9 Å². The lowest BCUT2D eigenvalue weighted by atomic mass is 10.1. The van der Waals surface area contributed by atoms with E-state index < -0.39 is 0 Å². The van der Waals surface area contributed by atoms with Crippen LogP contribution in [0.4, 0.5) is 10.9 Å². The lowest BCUT2D eigenvalue weighted by molar-refractivity contribution is -0.134. The predicted octanol–water partition coefficient (Wildman–Crippen LogP) is 4.33. The van der Waals surface area contributed by atoms with Crippen molar-refractivity contribution in [2.24, 2.45) is 0 Å². The second-order valence-electron chi connectivity index (χ2n) is 6.70. The molecule has 1 aliphatic rings. The monoisotopic (exact) mass is 394 g/mol. The number of para-hydroxylation sites is 1. The molecule has 3 heterocycles. The van der Waals surface area contributed by atoms with Gasteiger partial charge < -0.3 is 15.0 Å². The predicted molar refractivity (Wildman–Crippen MR) is 110 cm³/mol. The summed E-state index contributed by atoms with van der Waals surface area (Å²) in [6.45, 7) is 2.79. The highest BCUT2D eigenvalue weighted by atomic mass is 32.1. The summed E-state index contributed by atoms with van der Waals surface area (Å²) < 4.78 is 5.64. The summed E-state index contributed by atoms with van der Waals surface area (Å²) in [6, 6.07) is 15.3. The normalized spacial score (nSPS) is 16.2. The van der Waals surface area contributed by atoms with Crippen LogP contribution < -0.4 is 10.1 Å². The highest BCUT2D eigenvalue weighted by Crippen LogP contribution is 2.32. The van der Waals surface area contributed by atoms with Gasteiger partial charge in [0.25, 0.3) is 5.91 Å². The molecule has 2 aromatic heterocycles. The Balaban J connectivity index is 1.44. The number of hydrogen-bond acceptors (Lipinski definition) is 6. The van der Waals surface area contributed by atoms with E-state index in [2.05, 4.69) is 10.3 Å². The molecular weight excluding hydrogens is 372 g/mol. The van der Waals surface area contributed by atoms with Crippen LogP contribution in [0.15, 0.2) is 54.7 Å². The first kappa shape index (κ1) is 18.4. The third-order valence-corrected chi connectivity index (χ3v) is 5.48. The molecule has 1 aromatic carbocycles. The standard InChI is InChI=1S/C21H22N4O2S/c1-15-13-22-21(28-15)24-19-11-5-9-17(23-19)18-10-6-12-25(18)20(26)14-27-16-7-3-2-4-8-16/h2-5,7-9,11,13,18H,6,10,12,14H2,1H3,(H,22,23,24). The summed E-state index contributed by atoms with van der Waals surface area (Å²) in [5.74, 6) is 1.43. The molecule has 1 fully saturated rings. The zero-order chi connectivity index (χ0) is 19.3. The number of carbonyl (C=O) groups is 1. The number of benzene rings is 1. The van der Waals surface area contributed by atoms with Crippen molar-refractivity contribution in [3.63, 3.8) is 0 Å². The van der Waals surface area contributed by atoms with Crippen LogP contribution in [0.2, 0.25) is 0 Å². The van der Waals surface area contributed by atoms with Gasteiger partial charge in [0.1, 0.15) is 11.6 Å². The topological polar surface area (TPSA) is 67.4 Å². The van der Waals surface area contributed by atoms with Crippen molar-refractivity contribution in [3.05, 3.63) is 65.3 Å². The Bertz CT molecular complexity index is 944. The van der Waals surface area contributed by atoms with Gasteiger partial charge in [-0.15, -0.1) is 11.3 Å². The van der Waals surface area contributed by atoms with Gasteiger partial charge in [0.2, 0.25) is 0 Å². The molecule has 1 amide bonds. The fraction of sp³-hybridized carbons (Fsp3) is 0.286. The fourth-order valence-corrected chi connectivity index (χ4v) is 4.02. The number of thiazole rings is 1. The van der Waals surface area contributed by atoms with E-state index in [-0.39, 0.29) is 18.6 Å². The Labute approximate surface area is 168 Å². The lowest BCUT2D eigenvalue weighted by Crippen LogP contribution is -2.34. The average Bonchev–Trinajstić information content (AvgIpc) is 3.36. The molecule has 0 saturated carbocycles. The number of nitrogens with zero attached hydrogens (tertiary/aromatic N) is 3. The fourth-order valence-electron chi connectivity index (χ4n) is 3.35. The molecule has 4 rings (SSSR count). The van der Waals surface area contributed by atoms with Crippen LogP contribution in [0.5, 0.6) is 5.75 Å². The average molecular weight is 394 g/mol. The smallest absolute Gasteiger partial charge is 0.261 e. The molecule has 28 heavy (non-hydrogen) atoms. The first-order chi connectivity index (χ1) is 13.7. The summed E-state index contributed by atoms with van der Waals surface area (Å²) in [7, 11) is 0. The van der Waals surface area contributed by atoms with E-state index in [1.165, 1.54) is 0 Å². The first-order valence-electron chi connectivity index (χ1n) is 9.33. The number of nitrogens with one attached hydrogen (secondary N) is 1. The van der Waals surface area contributed by atoms with Gasteiger partial charge in [0.05, 0.1) is 11.7 Å². The summed E-state index contributed by atoms with van der Waals surface area (Å²) in [6.07, 6.45) is 3.71. The van der Waals surface area contributed by atoms with E-state index >= 15 is 0 Å². The van der Waals surface area contributed by atoms with Crippen molar-refractivity contribution in [2.75, 3.05) is 18.5 Å². The Morgan fingerprint density at radius 3 is 2.89 bits per heavy atom. The number of hydrogen-bond donors (Lipinski definition) is 1. The van der Waals surface area contributed by atoms with Crippen molar-refractivity contribution < 1.29 is 9.53 Å². The van der Waals surface area contributed by atoms with Crippen LogP contribution in [0, 0.1) is 6.92 Å². The molecular formula is C21H22N4O2S. The summed E-state index contributed by atoms with van der Waals surface area (Å²) >= 11 is 1.59. The third-order valence-electron chi connectivity index (χ3n) is 4.65. The second kappa shape index (κ2) is 8.39. The highest BCUT2D eigenvalue weighted by Gasteiger charge is 2.31. The van der Waals surface area contributed by atoms with Crippen LogP contribution in [0.25, 0.3) is 0 Å². The number of likely N-dealkylation sites (tertiary alicyclic amines) is 1. The SMILES string of the molecule is Cc1cnc(Nc2cccc(C3CCCN3C(=O)COc3ccccc3)n2)s1. The van der Waals surface area contributed by atoms with Crippen LogP contribution >= 0.6 is 11.3 Å². The number of carbonyl (C=O) groups excluding carboxylic acids is 1. The number of anilines is 2. The maximum absolute atomic E-state index is 12.7. The van der Waals surface area contributed by atoms with Gasteiger partial charge in [-0.2, -0.15) is 0 Å². The number of aromatic nitrogens is 2. The summed E-state index contributed by atoms with van der Waals surface area (Å²) in [5.41, 5.74) is 0.892. The lowest BCUT2D eigenvalue weighted by Gasteiger charge is -2.24. The maximum Gasteiger partial charge on any atom is 0.261 e. The zero-order valence-corrected chi connectivity index (χ0v) is 16.5. The number of amides is 1. The molecule has 0 spiro atoms. The molecule has 0 radical (unpaired) electrons. The summed E-state index contributed by atoms with van der Waals surface area (Å²) in [5, 5.41) is 4.06. The van der Waals surface area contributed by atoms with Crippen molar-refractivity contribution in [3.8, 4) is 5.75 Å². The van der Waals surface area contributed by atoms with Gasteiger partial charge in [-0.3, -0.25) is 4.79 Å². The molecule has 1 unspecified atom stereocenters. The maximum atomic E-state index is 12.7. The van der Waals surface area contributed by atoms with Gasteiger partial charge in [-0.05, 0) is 44.0 Å². The van der Waals surface area contributed by atoms with E-state index in [4.69, 9.17) is 9.72 Å². The van der Waals surface area contributed by atoms with Crippen molar-refractivity contribution in [1.82, 2.24) is 14.9 Å².